The largest absolute Gasteiger partial charge is 0.395 e. The minimum Gasteiger partial charge on any atom is -0.395 e. The molecule has 0 aliphatic rings. The van der Waals surface area contributed by atoms with Crippen molar-refractivity contribution in [3.8, 4) is 0 Å². The summed E-state index contributed by atoms with van der Waals surface area (Å²) in [6.45, 7) is 3.70. The first kappa shape index (κ1) is 23.4. The van der Waals surface area contributed by atoms with Crippen LogP contribution in [0.5, 0.6) is 0 Å². The number of fused-ring (bicyclic) bond motifs is 1. The van der Waals surface area contributed by atoms with Crippen LogP contribution in [0.3, 0.4) is 0 Å². The van der Waals surface area contributed by atoms with Crippen LogP contribution in [0.2, 0.25) is 0 Å². The van der Waals surface area contributed by atoms with Crippen molar-refractivity contribution in [3.63, 3.8) is 0 Å². The molecule has 0 saturated heterocycles. The summed E-state index contributed by atoms with van der Waals surface area (Å²) in [6, 6.07) is 6.77. The van der Waals surface area contributed by atoms with Gasteiger partial charge in [0.15, 0.2) is 0 Å². The number of para-hydroxylation sites is 1. The lowest BCUT2D eigenvalue weighted by Crippen LogP contribution is -2.50. The van der Waals surface area contributed by atoms with Gasteiger partial charge in [-0.25, -0.2) is 5.48 Å². The van der Waals surface area contributed by atoms with Crippen LogP contribution in [0, 0.1) is 11.8 Å². The molecule has 2 aromatic rings. The number of benzene rings is 1. The molecule has 9 heteroatoms. The Morgan fingerprint density at radius 2 is 1.87 bits per heavy atom. The Balaban J connectivity index is 2.21. The second kappa shape index (κ2) is 11.3. The van der Waals surface area contributed by atoms with Crippen molar-refractivity contribution in [3.05, 3.63) is 36.0 Å². The van der Waals surface area contributed by atoms with Crippen molar-refractivity contribution in [2.75, 3.05) is 13.2 Å². The van der Waals surface area contributed by atoms with Gasteiger partial charge in [-0.05, 0) is 24.0 Å². The van der Waals surface area contributed by atoms with Crippen molar-refractivity contribution in [2.24, 2.45) is 11.8 Å². The maximum atomic E-state index is 12.9. The lowest BCUT2D eigenvalue weighted by atomic mass is 9.92. The molecule has 30 heavy (non-hydrogen) atoms. The minimum atomic E-state index is -0.880. The van der Waals surface area contributed by atoms with Crippen molar-refractivity contribution in [1.29, 1.82) is 0 Å². The molecule has 1 aromatic heterocycles. The second-order valence-electron chi connectivity index (χ2n) is 7.71. The van der Waals surface area contributed by atoms with Crippen molar-refractivity contribution in [1.82, 2.24) is 21.1 Å². The van der Waals surface area contributed by atoms with Crippen LogP contribution in [0.15, 0.2) is 30.5 Å². The maximum Gasteiger partial charge on any atom is 0.244 e. The molecule has 1 unspecified atom stereocenters. The molecule has 2 rings (SSSR count). The Hall–Kier alpha value is -2.91. The van der Waals surface area contributed by atoms with Crippen LogP contribution in [-0.2, 0) is 20.8 Å². The summed E-state index contributed by atoms with van der Waals surface area (Å²) >= 11 is 0. The lowest BCUT2D eigenvalue weighted by molar-refractivity contribution is -0.136. The van der Waals surface area contributed by atoms with Crippen molar-refractivity contribution in [2.45, 2.75) is 39.2 Å². The summed E-state index contributed by atoms with van der Waals surface area (Å²) in [4.78, 5) is 40.3. The predicted molar refractivity (Wildman–Crippen MR) is 112 cm³/mol. The molecule has 0 aliphatic heterocycles. The Kier molecular flexibility index (Phi) is 8.82. The summed E-state index contributed by atoms with van der Waals surface area (Å²) < 4.78 is 0. The topological polar surface area (TPSA) is 144 Å². The van der Waals surface area contributed by atoms with Gasteiger partial charge in [-0.3, -0.25) is 19.6 Å². The highest BCUT2D eigenvalue weighted by atomic mass is 16.5. The Morgan fingerprint density at radius 1 is 1.13 bits per heavy atom. The molecule has 2 atom stereocenters. The monoisotopic (exact) mass is 418 g/mol. The van der Waals surface area contributed by atoms with Gasteiger partial charge in [-0.1, -0.05) is 32.0 Å². The molecule has 6 N–H and O–H groups in total. The number of aromatic nitrogens is 1. The van der Waals surface area contributed by atoms with Gasteiger partial charge in [0.1, 0.15) is 6.04 Å². The van der Waals surface area contributed by atoms with E-state index in [9.17, 15) is 14.4 Å². The number of nitrogens with one attached hydrogen (secondary N) is 4. The number of rotatable bonds is 11. The summed E-state index contributed by atoms with van der Waals surface area (Å²) in [5.41, 5.74) is 3.34. The normalized spacial score (nSPS) is 13.1. The maximum absolute atomic E-state index is 12.9. The highest BCUT2D eigenvalue weighted by Gasteiger charge is 2.28. The number of aliphatic hydroxyl groups excluding tert-OH is 1. The van der Waals surface area contributed by atoms with E-state index in [1.165, 1.54) is 0 Å². The average Bonchev–Trinajstić information content (AvgIpc) is 3.13. The van der Waals surface area contributed by atoms with Gasteiger partial charge < -0.3 is 20.7 Å². The predicted octanol–water partition coefficient (Wildman–Crippen LogP) is 0.862. The number of carbonyl (C=O) groups is 3. The van der Waals surface area contributed by atoms with Gasteiger partial charge in [0.05, 0.1) is 6.61 Å². The lowest BCUT2D eigenvalue weighted by Gasteiger charge is -2.23. The molecule has 3 amide bonds. The number of carbonyl (C=O) groups excluding carboxylic acids is 3. The zero-order chi connectivity index (χ0) is 22.1. The van der Waals surface area contributed by atoms with Gasteiger partial charge in [-0.15, -0.1) is 0 Å². The third-order valence-corrected chi connectivity index (χ3v) is 4.83. The SMILES string of the molecule is CC(C)CC(CC(=O)NO)C(=O)N[C@@H](Cc1c[nH]c2ccccc12)C(=O)NCCO. The highest BCUT2D eigenvalue weighted by Crippen LogP contribution is 2.20. The first-order chi connectivity index (χ1) is 14.3. The first-order valence-electron chi connectivity index (χ1n) is 10.0. The molecule has 0 radical (unpaired) electrons. The third-order valence-electron chi connectivity index (χ3n) is 4.83. The number of aliphatic hydroxyl groups is 1. The number of hydrogen-bond acceptors (Lipinski definition) is 5. The van der Waals surface area contributed by atoms with E-state index in [2.05, 4.69) is 15.6 Å². The number of H-pyrrole nitrogens is 1. The summed E-state index contributed by atoms with van der Waals surface area (Å²) in [5.74, 6) is -2.06. The van der Waals surface area contributed by atoms with Gasteiger partial charge >= 0.3 is 0 Å². The molecule has 0 spiro atoms. The Labute approximate surface area is 175 Å². The summed E-state index contributed by atoms with van der Waals surface area (Å²) in [5, 5.41) is 24.1. The molecular weight excluding hydrogens is 388 g/mol. The van der Waals surface area contributed by atoms with Gasteiger partial charge in [0, 0.05) is 42.4 Å². The Bertz CT molecular complexity index is 864. The molecule has 164 valence electrons. The number of amides is 3. The van der Waals surface area contributed by atoms with Gasteiger partial charge in [0.25, 0.3) is 0 Å². The van der Waals surface area contributed by atoms with E-state index in [0.29, 0.717) is 6.42 Å². The van der Waals surface area contributed by atoms with E-state index >= 15 is 0 Å². The highest BCUT2D eigenvalue weighted by molar-refractivity contribution is 5.91. The zero-order valence-electron chi connectivity index (χ0n) is 17.3. The number of hydroxylamine groups is 1. The zero-order valence-corrected chi connectivity index (χ0v) is 17.3. The fraction of sp³-hybridized carbons (Fsp3) is 0.476. The fourth-order valence-corrected chi connectivity index (χ4v) is 3.44. The minimum absolute atomic E-state index is 0.0709. The number of aromatic amines is 1. The molecule has 0 fully saturated rings. The van der Waals surface area contributed by atoms with Crippen LogP contribution < -0.4 is 16.1 Å². The first-order valence-corrected chi connectivity index (χ1v) is 10.0. The second-order valence-corrected chi connectivity index (χ2v) is 7.71. The van der Waals surface area contributed by atoms with Crippen LogP contribution >= 0.6 is 0 Å². The van der Waals surface area contributed by atoms with E-state index < -0.39 is 29.7 Å². The quantitative estimate of drug-likeness (QED) is 0.237. The standard InChI is InChI=1S/C21H30N4O5/c1-13(2)9-14(11-19(27)25-30)20(28)24-18(21(29)22-7-8-26)10-15-12-23-17-6-4-3-5-16(15)17/h3-6,12-14,18,23,26,30H,7-11H2,1-2H3,(H,22,29)(H,24,28)(H,25,27)/t14?,18-/m0/s1. The summed E-state index contributed by atoms with van der Waals surface area (Å²) in [7, 11) is 0. The van der Waals surface area contributed by atoms with Gasteiger partial charge in [0.2, 0.25) is 17.7 Å². The van der Waals surface area contributed by atoms with Crippen molar-refractivity contribution < 1.29 is 24.7 Å². The van der Waals surface area contributed by atoms with E-state index in [0.717, 1.165) is 16.5 Å². The molecule has 9 nitrogen and oxygen atoms in total. The average molecular weight is 418 g/mol. The fourth-order valence-electron chi connectivity index (χ4n) is 3.44. The van der Waals surface area contributed by atoms with Gasteiger partial charge in [-0.2, -0.15) is 0 Å². The molecule has 1 heterocycles. The van der Waals surface area contributed by atoms with Crippen molar-refractivity contribution >= 4 is 28.6 Å². The third kappa shape index (κ3) is 6.57. The number of hydrogen-bond donors (Lipinski definition) is 6. The van der Waals surface area contributed by atoms with E-state index in [-0.39, 0.29) is 31.9 Å². The molecular formula is C21H30N4O5. The Morgan fingerprint density at radius 3 is 2.53 bits per heavy atom. The van der Waals surface area contributed by atoms with Crippen LogP contribution in [0.1, 0.15) is 32.3 Å². The van der Waals surface area contributed by atoms with E-state index in [1.807, 2.05) is 38.1 Å². The molecule has 1 aromatic carbocycles. The van der Waals surface area contributed by atoms with Crippen LogP contribution in [0.25, 0.3) is 10.9 Å². The smallest absolute Gasteiger partial charge is 0.244 e. The van der Waals surface area contributed by atoms with E-state index in [1.54, 1.807) is 11.7 Å². The molecule has 0 bridgehead atoms. The van der Waals surface area contributed by atoms with Crippen LogP contribution in [0.4, 0.5) is 0 Å². The van der Waals surface area contributed by atoms with E-state index in [4.69, 9.17) is 10.3 Å². The molecule has 0 saturated carbocycles. The van der Waals surface area contributed by atoms with Crippen LogP contribution in [-0.4, -0.2) is 52.2 Å². The summed E-state index contributed by atoms with van der Waals surface area (Å²) in [6.07, 6.45) is 2.29. The molecule has 0 aliphatic carbocycles.